The van der Waals surface area contributed by atoms with Crippen LogP contribution in [0, 0.1) is 11.8 Å². The highest BCUT2D eigenvalue weighted by Crippen LogP contribution is 2.56. The zero-order valence-corrected chi connectivity index (χ0v) is 26.1. The van der Waals surface area contributed by atoms with Gasteiger partial charge in [0.05, 0.1) is 23.6 Å². The van der Waals surface area contributed by atoms with Gasteiger partial charge in [0.15, 0.2) is 34.4 Å². The molecule has 0 spiro atoms. The van der Waals surface area contributed by atoms with Crippen LogP contribution in [-0.4, -0.2) is 93.3 Å². The molecule has 0 aromatic heterocycles. The quantitative estimate of drug-likeness (QED) is 0.218. The van der Waals surface area contributed by atoms with E-state index in [2.05, 4.69) is 0 Å². The Morgan fingerprint density at radius 1 is 0.918 bits per heavy atom. The van der Waals surface area contributed by atoms with Crippen LogP contribution in [0.5, 0.6) is 28.7 Å². The van der Waals surface area contributed by atoms with Gasteiger partial charge in [0.1, 0.15) is 22.8 Å². The van der Waals surface area contributed by atoms with E-state index in [0.717, 1.165) is 0 Å². The van der Waals surface area contributed by atoms with Gasteiger partial charge in [-0.3, -0.25) is 19.3 Å². The molecule has 1 amide bonds. The van der Waals surface area contributed by atoms with E-state index in [-0.39, 0.29) is 31.1 Å². The zero-order valence-electron chi connectivity index (χ0n) is 26.1. The van der Waals surface area contributed by atoms with E-state index >= 15 is 0 Å². The number of ketones is 2. The Balaban J connectivity index is 1.40. The van der Waals surface area contributed by atoms with Crippen molar-refractivity contribution < 1.29 is 58.9 Å². The summed E-state index contributed by atoms with van der Waals surface area (Å²) in [4.78, 5) is 41.6. The van der Waals surface area contributed by atoms with Crippen molar-refractivity contribution in [2.24, 2.45) is 17.6 Å². The Hall–Kier alpha value is -5.57. The molecule has 5 aliphatic rings. The van der Waals surface area contributed by atoms with E-state index in [1.807, 2.05) is 0 Å². The molecule has 14 nitrogen and oxygen atoms in total. The fraction of sp³-hybridized carbons (Fsp3) is 0.286. The number of phenolic OH excluding ortho intramolecular Hbond substituents is 1. The molecule has 0 unspecified atom stereocenters. The Morgan fingerprint density at radius 2 is 1.63 bits per heavy atom. The second-order valence-corrected chi connectivity index (χ2v) is 12.8. The highest BCUT2D eigenvalue weighted by atomic mass is 16.7. The van der Waals surface area contributed by atoms with Crippen LogP contribution in [0.15, 0.2) is 59.4 Å². The minimum Gasteiger partial charge on any atom is -0.508 e. The molecule has 2 heterocycles. The first-order valence-corrected chi connectivity index (χ1v) is 15.4. The van der Waals surface area contributed by atoms with Gasteiger partial charge in [0.25, 0.3) is 5.91 Å². The number of likely N-dealkylation sites (N-methyl/N-ethyl adjacent to an activating group) is 1. The van der Waals surface area contributed by atoms with E-state index in [9.17, 15) is 39.9 Å². The number of phenols is 1. The molecule has 0 saturated heterocycles. The van der Waals surface area contributed by atoms with E-state index in [1.165, 1.54) is 19.0 Å². The van der Waals surface area contributed by atoms with Crippen LogP contribution in [0.1, 0.15) is 11.1 Å². The average molecular weight is 671 g/mol. The Morgan fingerprint density at radius 3 is 2.37 bits per heavy atom. The van der Waals surface area contributed by atoms with E-state index in [4.69, 9.17) is 24.7 Å². The highest BCUT2D eigenvalue weighted by molar-refractivity contribution is 6.24. The summed E-state index contributed by atoms with van der Waals surface area (Å²) in [5.41, 5.74) is 2.79. The number of fused-ring (bicyclic) bond motifs is 5. The fourth-order valence-electron chi connectivity index (χ4n) is 7.99. The molecular weight excluding hydrogens is 640 g/mol. The van der Waals surface area contributed by atoms with E-state index in [1.54, 1.807) is 42.5 Å². The van der Waals surface area contributed by atoms with Gasteiger partial charge in [-0.1, -0.05) is 18.2 Å². The number of aromatic hydroxyl groups is 1. The Labute approximate surface area is 277 Å². The van der Waals surface area contributed by atoms with Crippen molar-refractivity contribution in [1.29, 1.82) is 0 Å². The smallest absolute Gasteiger partial charge is 0.255 e. The fourth-order valence-corrected chi connectivity index (χ4v) is 7.99. The summed E-state index contributed by atoms with van der Waals surface area (Å²) < 4.78 is 22.4. The Kier molecular flexibility index (Phi) is 6.56. The zero-order chi connectivity index (χ0) is 34.7. The first-order chi connectivity index (χ1) is 23.4. The summed E-state index contributed by atoms with van der Waals surface area (Å²) in [7, 11) is 2.90. The molecule has 0 radical (unpaired) electrons. The number of hydrogen-bond donors (Lipinski definition) is 6. The molecule has 3 aromatic carbocycles. The first kappa shape index (κ1) is 30.7. The maximum absolute atomic E-state index is 14.4. The predicted octanol–water partition coefficient (Wildman–Crippen LogP) is 1.73. The third-order valence-electron chi connectivity index (χ3n) is 10.2. The molecule has 1 fully saturated rings. The van der Waals surface area contributed by atoms with Gasteiger partial charge >= 0.3 is 0 Å². The van der Waals surface area contributed by atoms with Crippen LogP contribution in [0.3, 0.4) is 0 Å². The lowest BCUT2D eigenvalue weighted by molar-refractivity contribution is -0.168. The van der Waals surface area contributed by atoms with Crippen LogP contribution in [0.4, 0.5) is 0 Å². The van der Waals surface area contributed by atoms with Crippen molar-refractivity contribution in [3.63, 3.8) is 0 Å². The maximum Gasteiger partial charge on any atom is 0.255 e. The number of ether oxygens (including phenoxy) is 4. The lowest BCUT2D eigenvalue weighted by Crippen LogP contribution is -2.70. The maximum atomic E-state index is 14.4. The summed E-state index contributed by atoms with van der Waals surface area (Å²) in [6.07, 6.45) is -1.88. The van der Waals surface area contributed by atoms with Crippen LogP contribution in [0.25, 0.3) is 28.0 Å². The summed E-state index contributed by atoms with van der Waals surface area (Å²) in [6.45, 7) is -0.0414. The number of primary amides is 1. The van der Waals surface area contributed by atoms with Crippen molar-refractivity contribution in [2.45, 2.75) is 24.2 Å². The van der Waals surface area contributed by atoms with E-state index < -0.39 is 75.5 Å². The molecule has 7 N–H and O–H groups in total. The average Bonchev–Trinajstić information content (AvgIpc) is 3.74. The van der Waals surface area contributed by atoms with Crippen molar-refractivity contribution in [1.82, 2.24) is 4.90 Å². The molecule has 14 heteroatoms. The summed E-state index contributed by atoms with van der Waals surface area (Å²) in [5, 5.41) is 59.1. The lowest BCUT2D eigenvalue weighted by atomic mass is 9.56. The molecule has 252 valence electrons. The van der Waals surface area contributed by atoms with Gasteiger partial charge in [-0.25, -0.2) is 0 Å². The van der Waals surface area contributed by atoms with Crippen molar-refractivity contribution in [3.05, 3.63) is 70.5 Å². The van der Waals surface area contributed by atoms with Crippen molar-refractivity contribution >= 4 is 23.2 Å². The number of amides is 1. The second-order valence-electron chi connectivity index (χ2n) is 12.8. The normalized spacial score (nSPS) is 26.6. The number of nitrogens with two attached hydrogens (primary N) is 1. The number of carbonyl (C=O) groups excluding carboxylic acids is 3. The molecule has 8 rings (SSSR count). The number of carbonyl (C=O) groups is 3. The SMILES string of the molecule is CN(C)[C@H]1C(=O)C(C(N)=O)=C(O)[C@]2(O)C(=O)C3=C(O)c4c(O)c(-c5cccc6c5OCO6)cc(-c5ccc6c(c5)OCO6)c4C[C@@H]3[C@@H](O)[C@H]12. The monoisotopic (exact) mass is 670 g/mol. The number of rotatable bonds is 4. The minimum atomic E-state index is -3.03. The van der Waals surface area contributed by atoms with E-state index in [0.29, 0.717) is 45.3 Å². The van der Waals surface area contributed by atoms with Crippen molar-refractivity contribution in [2.75, 3.05) is 27.7 Å². The predicted molar refractivity (Wildman–Crippen MR) is 169 cm³/mol. The largest absolute Gasteiger partial charge is 0.508 e. The second kappa shape index (κ2) is 10.5. The Bertz CT molecular complexity index is 2100. The number of aliphatic hydroxyl groups is 4. The molecule has 3 aromatic rings. The highest BCUT2D eigenvalue weighted by Gasteiger charge is 2.67. The van der Waals surface area contributed by atoms with Gasteiger partial charge in [-0.2, -0.15) is 0 Å². The third-order valence-corrected chi connectivity index (χ3v) is 10.2. The van der Waals surface area contributed by atoms with Crippen LogP contribution in [-0.2, 0) is 20.8 Å². The topological polar surface area (TPSA) is 219 Å². The molecule has 5 atom stereocenters. The van der Waals surface area contributed by atoms with Crippen LogP contribution < -0.4 is 24.7 Å². The van der Waals surface area contributed by atoms with Crippen LogP contribution in [0.2, 0.25) is 0 Å². The lowest BCUT2D eigenvalue weighted by Gasteiger charge is -2.52. The van der Waals surface area contributed by atoms with Gasteiger partial charge in [0.2, 0.25) is 19.4 Å². The number of Topliss-reactive ketones (excluding diaryl/α,β-unsaturated/α-hetero) is 2. The summed E-state index contributed by atoms with van der Waals surface area (Å²) in [6, 6.07) is 10.5. The van der Waals surface area contributed by atoms with Gasteiger partial charge < -0.3 is 50.2 Å². The first-order valence-electron chi connectivity index (χ1n) is 15.4. The number of para-hydroxylation sites is 1. The molecule has 0 bridgehead atoms. The van der Waals surface area contributed by atoms with Gasteiger partial charge in [-0.05, 0) is 61.5 Å². The van der Waals surface area contributed by atoms with Crippen molar-refractivity contribution in [3.8, 4) is 51.0 Å². The molecule has 1 saturated carbocycles. The van der Waals surface area contributed by atoms with Gasteiger partial charge in [-0.15, -0.1) is 0 Å². The van der Waals surface area contributed by atoms with Crippen LogP contribution >= 0.6 is 0 Å². The minimum absolute atomic E-state index is 0.0172. The molecule has 3 aliphatic carbocycles. The number of nitrogens with zero attached hydrogens (tertiary/aromatic N) is 1. The summed E-state index contributed by atoms with van der Waals surface area (Å²) >= 11 is 0. The molecule has 49 heavy (non-hydrogen) atoms. The summed E-state index contributed by atoms with van der Waals surface area (Å²) in [5.74, 6) is -7.28. The number of benzene rings is 3. The third kappa shape index (κ3) is 4.02. The molecule has 2 aliphatic heterocycles. The molecular formula is C35H30N2O12. The number of hydrogen-bond acceptors (Lipinski definition) is 13. The standard InChI is InChI=1S/C35H30N2O12/c1-37(2)26-25-28(39)18-10-16-15(13-6-7-19-21(8-13)48-11-46-19)9-17(14-4-3-5-20-31(14)49-12-47-20)27(38)22(16)29(40)23(18)32(42)35(25,45)33(43)24(30(26)41)34(36)44/h3-9,18,25-26,28,38-40,43,45H,10-12H2,1-2H3,(H2,36,44)/t18-,25-,26+,28+,35+/m0/s1. The van der Waals surface area contributed by atoms with Gasteiger partial charge in [0, 0.05) is 22.6 Å². The number of aliphatic hydroxyl groups excluding tert-OH is 3.